The van der Waals surface area contributed by atoms with Crippen molar-refractivity contribution < 1.29 is 45.1 Å². The number of carbonyl (C=O) groups excluding carboxylic acids is 2. The number of alkyl halides is 6. The van der Waals surface area contributed by atoms with Crippen LogP contribution in [0.5, 0.6) is 5.75 Å². The van der Waals surface area contributed by atoms with Crippen molar-refractivity contribution in [3.63, 3.8) is 0 Å². The smallest absolute Gasteiger partial charge is 0.406 e. The lowest BCUT2D eigenvalue weighted by atomic mass is 10.1. The zero-order chi connectivity index (χ0) is 34.8. The number of nitrogens with zero attached hydrogens (tertiary/aromatic N) is 7. The number of hydrogen-bond donors (Lipinski definition) is 2. The van der Waals surface area contributed by atoms with Crippen LogP contribution in [0.15, 0.2) is 60.8 Å². The highest BCUT2D eigenvalue weighted by atomic mass is 35.5. The Labute approximate surface area is 269 Å². The lowest BCUT2D eigenvalue weighted by Gasteiger charge is -2.16. The number of tetrazole rings is 1. The van der Waals surface area contributed by atoms with Gasteiger partial charge in [0.2, 0.25) is 0 Å². The molecule has 5 rings (SSSR count). The van der Waals surface area contributed by atoms with Gasteiger partial charge in [0.1, 0.15) is 23.8 Å². The van der Waals surface area contributed by atoms with Crippen molar-refractivity contribution in [2.75, 3.05) is 5.32 Å². The number of aromatic nitrogens is 7. The summed E-state index contributed by atoms with van der Waals surface area (Å²) in [6.45, 7) is 0.549. The normalized spacial score (nSPS) is 11.8. The van der Waals surface area contributed by atoms with Crippen LogP contribution >= 0.6 is 11.6 Å². The van der Waals surface area contributed by atoms with E-state index in [1.165, 1.54) is 43.5 Å². The summed E-state index contributed by atoms with van der Waals surface area (Å²) >= 11 is 6.27. The van der Waals surface area contributed by atoms with Crippen molar-refractivity contribution in [1.29, 1.82) is 0 Å². The van der Waals surface area contributed by atoms with E-state index in [0.29, 0.717) is 4.80 Å². The van der Waals surface area contributed by atoms with E-state index in [4.69, 9.17) is 11.6 Å². The van der Waals surface area contributed by atoms with Crippen molar-refractivity contribution in [3.8, 4) is 11.6 Å². The molecule has 0 saturated carbocycles. The Balaban J connectivity index is 1.43. The van der Waals surface area contributed by atoms with Gasteiger partial charge in [-0.05, 0) is 60.2 Å². The fourth-order valence-electron chi connectivity index (χ4n) is 4.28. The molecule has 12 nitrogen and oxygen atoms in total. The van der Waals surface area contributed by atoms with E-state index < -0.39 is 48.3 Å². The standard InChI is InChI=1S/C28H19ClF7N9O3/c1-14-20(30)8-7-18(24(46)38-12-15-4-2-5-17(10-15)48-28(34,35)36)22(14)39-25(47)21-11-16(13-44-42-26(40-43-44)27(31,32)33)41-45(21)23-19(29)6-3-9-37-23/h2-11H,12-13H2,1H3,(H,38,46)(H,39,47). The highest BCUT2D eigenvalue weighted by Gasteiger charge is 2.37. The lowest BCUT2D eigenvalue weighted by molar-refractivity contribution is -0.274. The largest absolute Gasteiger partial charge is 0.573 e. The van der Waals surface area contributed by atoms with Crippen molar-refractivity contribution in [2.24, 2.45) is 0 Å². The summed E-state index contributed by atoms with van der Waals surface area (Å²) in [5.41, 5.74) is -0.691. The maximum atomic E-state index is 14.7. The molecule has 0 radical (unpaired) electrons. The van der Waals surface area contributed by atoms with Crippen LogP contribution < -0.4 is 15.4 Å². The SMILES string of the molecule is Cc1c(F)ccc(C(=O)NCc2cccc(OC(F)(F)F)c2)c1NC(=O)c1cc(Cn2nnc(C(F)(F)F)n2)nn1-c1ncccc1Cl. The van der Waals surface area contributed by atoms with E-state index in [1.807, 2.05) is 0 Å². The van der Waals surface area contributed by atoms with Gasteiger partial charge in [-0.15, -0.1) is 23.4 Å². The van der Waals surface area contributed by atoms with E-state index in [2.05, 4.69) is 40.9 Å². The molecule has 3 aromatic heterocycles. The van der Waals surface area contributed by atoms with Crippen LogP contribution in [0.3, 0.4) is 0 Å². The minimum atomic E-state index is -4.93. The molecular weight excluding hydrogens is 679 g/mol. The highest BCUT2D eigenvalue weighted by molar-refractivity contribution is 6.32. The van der Waals surface area contributed by atoms with Crippen molar-refractivity contribution in [1.82, 2.24) is 40.3 Å². The number of benzene rings is 2. The van der Waals surface area contributed by atoms with Gasteiger partial charge in [0, 0.05) is 18.3 Å². The van der Waals surface area contributed by atoms with Gasteiger partial charge in [-0.3, -0.25) is 9.59 Å². The molecule has 250 valence electrons. The van der Waals surface area contributed by atoms with E-state index in [0.717, 1.165) is 28.9 Å². The van der Waals surface area contributed by atoms with E-state index in [-0.39, 0.29) is 51.2 Å². The quantitative estimate of drug-likeness (QED) is 0.192. The van der Waals surface area contributed by atoms with Crippen molar-refractivity contribution in [3.05, 3.63) is 106 Å². The molecule has 0 aliphatic heterocycles. The molecule has 0 unspecified atom stereocenters. The number of carbonyl (C=O) groups is 2. The number of anilines is 1. The Morgan fingerprint density at radius 3 is 2.44 bits per heavy atom. The Kier molecular flexibility index (Phi) is 9.33. The molecule has 20 heteroatoms. The third kappa shape index (κ3) is 7.85. The fourth-order valence-corrected chi connectivity index (χ4v) is 4.48. The third-order valence-electron chi connectivity index (χ3n) is 6.41. The topological polar surface area (TPSA) is 142 Å². The molecule has 5 aromatic rings. The molecule has 2 N–H and O–H groups in total. The maximum absolute atomic E-state index is 14.7. The first kappa shape index (κ1) is 33.8. The molecule has 2 aromatic carbocycles. The molecule has 0 aliphatic rings. The molecule has 2 amide bonds. The molecule has 0 fully saturated rings. The Hall–Kier alpha value is -5.59. The van der Waals surface area contributed by atoms with E-state index >= 15 is 0 Å². The summed E-state index contributed by atoms with van der Waals surface area (Å²) in [4.78, 5) is 31.6. The number of pyridine rings is 1. The summed E-state index contributed by atoms with van der Waals surface area (Å²) < 4.78 is 96.3. The second-order valence-electron chi connectivity index (χ2n) is 9.81. The molecule has 3 heterocycles. The van der Waals surface area contributed by atoms with Crippen LogP contribution in [0.4, 0.5) is 36.4 Å². The van der Waals surface area contributed by atoms with Crippen molar-refractivity contribution in [2.45, 2.75) is 32.6 Å². The first-order chi connectivity index (χ1) is 22.6. The van der Waals surface area contributed by atoms with Gasteiger partial charge in [-0.25, -0.2) is 14.1 Å². The van der Waals surface area contributed by atoms with Gasteiger partial charge < -0.3 is 15.4 Å². The molecule has 0 bridgehead atoms. The number of nitrogens with one attached hydrogen (secondary N) is 2. The van der Waals surface area contributed by atoms with Crippen LogP contribution in [0.25, 0.3) is 5.82 Å². The second-order valence-corrected chi connectivity index (χ2v) is 10.2. The Morgan fingerprint density at radius 2 is 1.75 bits per heavy atom. The Morgan fingerprint density at radius 1 is 0.979 bits per heavy atom. The van der Waals surface area contributed by atoms with Crippen molar-refractivity contribution >= 4 is 29.1 Å². The van der Waals surface area contributed by atoms with Crippen LogP contribution in [-0.4, -0.2) is 53.1 Å². The van der Waals surface area contributed by atoms with Gasteiger partial charge in [0.05, 0.1) is 22.0 Å². The van der Waals surface area contributed by atoms with Gasteiger partial charge >= 0.3 is 12.5 Å². The Bertz CT molecular complexity index is 1990. The molecule has 0 aliphatic carbocycles. The monoisotopic (exact) mass is 697 g/mol. The van der Waals surface area contributed by atoms with Gasteiger partial charge in [0.15, 0.2) is 5.82 Å². The lowest BCUT2D eigenvalue weighted by Crippen LogP contribution is -2.26. The predicted octanol–water partition coefficient (Wildman–Crippen LogP) is 5.50. The summed E-state index contributed by atoms with van der Waals surface area (Å²) in [5.74, 6) is -4.64. The molecule has 0 atom stereocenters. The number of ether oxygens (including phenoxy) is 1. The summed E-state index contributed by atoms with van der Waals surface area (Å²) in [6, 6.07) is 11.0. The van der Waals surface area contributed by atoms with Crippen LogP contribution in [0.1, 0.15) is 43.5 Å². The zero-order valence-corrected chi connectivity index (χ0v) is 24.8. The maximum Gasteiger partial charge on any atom is 0.573 e. The summed E-state index contributed by atoms with van der Waals surface area (Å²) in [7, 11) is 0. The van der Waals surface area contributed by atoms with Crippen LogP contribution in [-0.2, 0) is 19.3 Å². The fraction of sp³-hybridized carbons (Fsp3) is 0.179. The second kappa shape index (κ2) is 13.3. The minimum absolute atomic E-state index is 0.0290. The van der Waals surface area contributed by atoms with Gasteiger partial charge in [-0.2, -0.15) is 23.1 Å². The van der Waals surface area contributed by atoms with E-state index in [1.54, 1.807) is 0 Å². The van der Waals surface area contributed by atoms with E-state index in [9.17, 15) is 40.3 Å². The van der Waals surface area contributed by atoms with Gasteiger partial charge in [0.25, 0.3) is 17.6 Å². The molecule has 48 heavy (non-hydrogen) atoms. The first-order valence-electron chi connectivity index (χ1n) is 13.4. The molecular formula is C28H19ClF7N9O3. The summed E-state index contributed by atoms with van der Waals surface area (Å²) in [5, 5.41) is 18.8. The highest BCUT2D eigenvalue weighted by Crippen LogP contribution is 2.28. The van der Waals surface area contributed by atoms with Crippen LogP contribution in [0.2, 0.25) is 5.02 Å². The van der Waals surface area contributed by atoms with Gasteiger partial charge in [-0.1, -0.05) is 23.7 Å². The number of rotatable bonds is 9. The zero-order valence-electron chi connectivity index (χ0n) is 24.1. The average Bonchev–Trinajstić information content (AvgIpc) is 3.66. The third-order valence-corrected chi connectivity index (χ3v) is 6.70. The molecule has 0 saturated heterocycles. The number of amides is 2. The number of hydrogen-bond acceptors (Lipinski definition) is 8. The minimum Gasteiger partial charge on any atom is -0.406 e. The van der Waals surface area contributed by atoms with Crippen LogP contribution in [0, 0.1) is 12.7 Å². The predicted molar refractivity (Wildman–Crippen MR) is 152 cm³/mol. The molecule has 0 spiro atoms. The average molecular weight is 698 g/mol. The number of halogens is 8. The summed E-state index contributed by atoms with van der Waals surface area (Å²) in [6.07, 6.45) is -8.45. The first-order valence-corrected chi connectivity index (χ1v) is 13.7.